The third kappa shape index (κ3) is 2.29. The standard InChI is InChI=1S/C15H18N2O3/c18-14(19)7-11-9-17(13-4-2-1-3-12(11)13)15(20)10-5-6-16-8-10/h1-4,10-11,16H,5-9H2,(H,18,19). The van der Waals surface area contributed by atoms with Gasteiger partial charge in [0.05, 0.1) is 12.3 Å². The summed E-state index contributed by atoms with van der Waals surface area (Å²) >= 11 is 0. The molecule has 0 spiro atoms. The van der Waals surface area contributed by atoms with Crippen LogP contribution in [0, 0.1) is 5.92 Å². The van der Waals surface area contributed by atoms with Crippen LogP contribution in [0.4, 0.5) is 5.69 Å². The van der Waals surface area contributed by atoms with E-state index in [-0.39, 0.29) is 24.2 Å². The molecule has 0 saturated carbocycles. The number of benzene rings is 1. The number of carboxylic acid groups (broad SMARTS) is 1. The van der Waals surface area contributed by atoms with Gasteiger partial charge in [0.25, 0.3) is 0 Å². The molecular weight excluding hydrogens is 256 g/mol. The SMILES string of the molecule is O=C(O)CC1CN(C(=O)C2CCNC2)c2ccccc21. The molecule has 5 heteroatoms. The van der Waals surface area contributed by atoms with Gasteiger partial charge in [-0.05, 0) is 24.6 Å². The van der Waals surface area contributed by atoms with E-state index < -0.39 is 5.97 Å². The van der Waals surface area contributed by atoms with Gasteiger partial charge in [-0.2, -0.15) is 0 Å². The maximum absolute atomic E-state index is 12.6. The fraction of sp³-hybridized carbons (Fsp3) is 0.467. The van der Waals surface area contributed by atoms with E-state index in [0.29, 0.717) is 6.54 Å². The lowest BCUT2D eigenvalue weighted by Crippen LogP contribution is -2.36. The maximum Gasteiger partial charge on any atom is 0.304 e. The van der Waals surface area contributed by atoms with Crippen molar-refractivity contribution >= 4 is 17.6 Å². The van der Waals surface area contributed by atoms with Crippen molar-refractivity contribution in [2.45, 2.75) is 18.8 Å². The van der Waals surface area contributed by atoms with Crippen molar-refractivity contribution in [1.82, 2.24) is 5.32 Å². The highest BCUT2D eigenvalue weighted by molar-refractivity contribution is 5.98. The summed E-state index contributed by atoms with van der Waals surface area (Å²) in [5.74, 6) is -0.773. The summed E-state index contributed by atoms with van der Waals surface area (Å²) in [6.45, 7) is 2.09. The van der Waals surface area contributed by atoms with Gasteiger partial charge in [0.1, 0.15) is 0 Å². The minimum atomic E-state index is -0.818. The first-order valence-corrected chi connectivity index (χ1v) is 6.99. The Labute approximate surface area is 117 Å². The number of nitrogens with zero attached hydrogens (tertiary/aromatic N) is 1. The van der Waals surface area contributed by atoms with Gasteiger partial charge in [0.15, 0.2) is 0 Å². The highest BCUT2D eigenvalue weighted by atomic mass is 16.4. The van der Waals surface area contributed by atoms with Crippen molar-refractivity contribution in [2.75, 3.05) is 24.5 Å². The van der Waals surface area contributed by atoms with Crippen LogP contribution in [0.15, 0.2) is 24.3 Å². The van der Waals surface area contributed by atoms with E-state index in [1.807, 2.05) is 24.3 Å². The summed E-state index contributed by atoms with van der Waals surface area (Å²) in [5.41, 5.74) is 1.87. The molecule has 106 valence electrons. The summed E-state index contributed by atoms with van der Waals surface area (Å²) in [6, 6.07) is 7.65. The predicted molar refractivity (Wildman–Crippen MR) is 74.8 cm³/mol. The lowest BCUT2D eigenvalue weighted by atomic mass is 9.98. The molecule has 2 N–H and O–H groups in total. The van der Waals surface area contributed by atoms with E-state index in [2.05, 4.69) is 5.32 Å². The first kappa shape index (κ1) is 13.1. The lowest BCUT2D eigenvalue weighted by Gasteiger charge is -2.21. The first-order valence-electron chi connectivity index (χ1n) is 6.99. The molecule has 0 aromatic heterocycles. The van der Waals surface area contributed by atoms with Crippen LogP contribution in [-0.4, -0.2) is 36.6 Å². The minimum absolute atomic E-state index is 0.0200. The van der Waals surface area contributed by atoms with E-state index in [9.17, 15) is 9.59 Å². The van der Waals surface area contributed by atoms with Crippen LogP contribution in [0.3, 0.4) is 0 Å². The van der Waals surface area contributed by atoms with Crippen molar-refractivity contribution in [2.24, 2.45) is 5.92 Å². The Bertz CT molecular complexity index is 538. The second-order valence-electron chi connectivity index (χ2n) is 5.49. The fourth-order valence-corrected chi connectivity index (χ4v) is 3.18. The Morgan fingerprint density at radius 1 is 1.35 bits per heavy atom. The van der Waals surface area contributed by atoms with E-state index in [1.54, 1.807) is 4.90 Å². The molecule has 2 unspecified atom stereocenters. The van der Waals surface area contributed by atoms with Gasteiger partial charge >= 0.3 is 5.97 Å². The predicted octanol–water partition coefficient (Wildman–Crippen LogP) is 1.20. The Kier molecular flexibility index (Phi) is 3.44. The van der Waals surface area contributed by atoms with Gasteiger partial charge in [-0.1, -0.05) is 18.2 Å². The highest BCUT2D eigenvalue weighted by Gasteiger charge is 2.36. The van der Waals surface area contributed by atoms with Crippen LogP contribution in [0.1, 0.15) is 24.3 Å². The molecule has 2 heterocycles. The quantitative estimate of drug-likeness (QED) is 0.869. The minimum Gasteiger partial charge on any atom is -0.481 e. The van der Waals surface area contributed by atoms with Crippen LogP contribution >= 0.6 is 0 Å². The molecule has 1 fully saturated rings. The number of rotatable bonds is 3. The molecule has 2 atom stereocenters. The number of para-hydroxylation sites is 1. The molecule has 20 heavy (non-hydrogen) atoms. The Morgan fingerprint density at radius 2 is 2.15 bits per heavy atom. The number of nitrogens with one attached hydrogen (secondary N) is 1. The lowest BCUT2D eigenvalue weighted by molar-refractivity contribution is -0.137. The van der Waals surface area contributed by atoms with Gasteiger partial charge in [-0.3, -0.25) is 9.59 Å². The molecule has 1 saturated heterocycles. The summed E-state index contributed by atoms with van der Waals surface area (Å²) in [5, 5.41) is 12.2. The third-order valence-corrected chi connectivity index (χ3v) is 4.17. The molecule has 0 radical (unpaired) electrons. The number of carbonyl (C=O) groups is 2. The summed E-state index contributed by atoms with van der Waals surface area (Å²) in [7, 11) is 0. The molecule has 3 rings (SSSR count). The van der Waals surface area contributed by atoms with Crippen molar-refractivity contribution < 1.29 is 14.7 Å². The maximum atomic E-state index is 12.6. The average Bonchev–Trinajstić information content (AvgIpc) is 3.06. The van der Waals surface area contributed by atoms with Gasteiger partial charge in [0, 0.05) is 24.7 Å². The molecule has 0 bridgehead atoms. The highest BCUT2D eigenvalue weighted by Crippen LogP contribution is 2.38. The van der Waals surface area contributed by atoms with E-state index in [1.165, 1.54) is 0 Å². The normalized spacial score (nSPS) is 24.7. The van der Waals surface area contributed by atoms with E-state index >= 15 is 0 Å². The number of aliphatic carboxylic acids is 1. The number of hydrogen-bond donors (Lipinski definition) is 2. The molecule has 1 amide bonds. The molecule has 2 aliphatic heterocycles. The van der Waals surface area contributed by atoms with Gasteiger partial charge < -0.3 is 15.3 Å². The van der Waals surface area contributed by atoms with Crippen molar-refractivity contribution in [1.29, 1.82) is 0 Å². The van der Waals surface area contributed by atoms with Crippen LogP contribution < -0.4 is 10.2 Å². The van der Waals surface area contributed by atoms with Crippen molar-refractivity contribution in [3.8, 4) is 0 Å². The summed E-state index contributed by atoms with van der Waals surface area (Å²) in [6.07, 6.45) is 0.935. The number of hydrogen-bond acceptors (Lipinski definition) is 3. The Balaban J connectivity index is 1.86. The number of carbonyl (C=O) groups excluding carboxylic acids is 1. The average molecular weight is 274 g/mol. The molecule has 2 aliphatic rings. The number of carboxylic acids is 1. The van der Waals surface area contributed by atoms with Crippen LogP contribution in [0.5, 0.6) is 0 Å². The number of anilines is 1. The smallest absolute Gasteiger partial charge is 0.304 e. The molecule has 0 aliphatic carbocycles. The Morgan fingerprint density at radius 3 is 2.85 bits per heavy atom. The molecule has 1 aromatic carbocycles. The zero-order chi connectivity index (χ0) is 14.1. The molecule has 5 nitrogen and oxygen atoms in total. The van der Waals surface area contributed by atoms with Crippen LogP contribution in [-0.2, 0) is 9.59 Å². The van der Waals surface area contributed by atoms with Crippen molar-refractivity contribution in [3.05, 3.63) is 29.8 Å². The zero-order valence-electron chi connectivity index (χ0n) is 11.2. The monoisotopic (exact) mass is 274 g/mol. The number of amides is 1. The molecular formula is C15H18N2O3. The zero-order valence-corrected chi connectivity index (χ0v) is 11.2. The second-order valence-corrected chi connectivity index (χ2v) is 5.49. The summed E-state index contributed by atoms with van der Waals surface area (Å²) in [4.78, 5) is 25.3. The van der Waals surface area contributed by atoms with Crippen LogP contribution in [0.25, 0.3) is 0 Å². The molecule has 1 aromatic rings. The van der Waals surface area contributed by atoms with Gasteiger partial charge in [-0.15, -0.1) is 0 Å². The summed E-state index contributed by atoms with van der Waals surface area (Å²) < 4.78 is 0. The second kappa shape index (κ2) is 5.25. The van der Waals surface area contributed by atoms with E-state index in [0.717, 1.165) is 30.8 Å². The topological polar surface area (TPSA) is 69.6 Å². The third-order valence-electron chi connectivity index (χ3n) is 4.17. The Hall–Kier alpha value is -1.88. The van der Waals surface area contributed by atoms with Crippen LogP contribution in [0.2, 0.25) is 0 Å². The first-order chi connectivity index (χ1) is 9.66. The fourth-order valence-electron chi connectivity index (χ4n) is 3.18. The van der Waals surface area contributed by atoms with Gasteiger partial charge in [-0.25, -0.2) is 0 Å². The van der Waals surface area contributed by atoms with Gasteiger partial charge in [0.2, 0.25) is 5.91 Å². The van der Waals surface area contributed by atoms with E-state index in [4.69, 9.17) is 5.11 Å². The largest absolute Gasteiger partial charge is 0.481 e. The van der Waals surface area contributed by atoms with Crippen molar-refractivity contribution in [3.63, 3.8) is 0 Å². The number of fused-ring (bicyclic) bond motifs is 1.